The van der Waals surface area contributed by atoms with Gasteiger partial charge in [0.25, 0.3) is 0 Å². The van der Waals surface area contributed by atoms with Gasteiger partial charge < -0.3 is 16.0 Å². The predicted octanol–water partition coefficient (Wildman–Crippen LogP) is 1.44. The second-order valence-electron chi connectivity index (χ2n) is 5.40. The first-order valence-electron chi connectivity index (χ1n) is 6.83. The molecule has 0 saturated carbocycles. The molecular formula is C13H29N3. The van der Waals surface area contributed by atoms with E-state index in [2.05, 4.69) is 24.2 Å². The Balaban J connectivity index is 1.87. The van der Waals surface area contributed by atoms with E-state index >= 15 is 0 Å². The summed E-state index contributed by atoms with van der Waals surface area (Å²) in [5.41, 5.74) is 5.70. The van der Waals surface area contributed by atoms with Crippen LogP contribution in [0.15, 0.2) is 0 Å². The number of hydrogen-bond donors (Lipinski definition) is 2. The highest BCUT2D eigenvalue weighted by atomic mass is 15.1. The number of nitrogens with two attached hydrogens (primary N) is 1. The first kappa shape index (κ1) is 13.9. The molecule has 0 aliphatic carbocycles. The van der Waals surface area contributed by atoms with Crippen molar-refractivity contribution >= 4 is 0 Å². The fourth-order valence-corrected chi connectivity index (χ4v) is 2.33. The molecule has 1 fully saturated rings. The molecule has 0 aromatic rings. The second kappa shape index (κ2) is 8.04. The average molecular weight is 227 g/mol. The van der Waals surface area contributed by atoms with Crippen LogP contribution < -0.4 is 11.1 Å². The van der Waals surface area contributed by atoms with Crippen molar-refractivity contribution in [2.45, 2.75) is 45.1 Å². The fraction of sp³-hybridized carbons (Fsp3) is 1.00. The van der Waals surface area contributed by atoms with Crippen LogP contribution in [0.2, 0.25) is 0 Å². The molecule has 0 aromatic heterocycles. The maximum atomic E-state index is 5.70. The maximum Gasteiger partial charge on any atom is 0.00109 e. The van der Waals surface area contributed by atoms with Crippen LogP contribution in [0, 0.1) is 5.92 Å². The molecule has 16 heavy (non-hydrogen) atoms. The highest BCUT2D eigenvalue weighted by Gasteiger charge is 2.15. The van der Waals surface area contributed by atoms with Gasteiger partial charge in [0, 0.05) is 6.04 Å². The van der Waals surface area contributed by atoms with Crippen LogP contribution in [-0.4, -0.2) is 44.2 Å². The zero-order valence-electron chi connectivity index (χ0n) is 11.0. The van der Waals surface area contributed by atoms with Gasteiger partial charge in [-0.15, -0.1) is 0 Å². The smallest absolute Gasteiger partial charge is 0.00109 e. The van der Waals surface area contributed by atoms with Gasteiger partial charge in [0.1, 0.15) is 0 Å². The molecule has 96 valence electrons. The van der Waals surface area contributed by atoms with E-state index in [9.17, 15) is 0 Å². The summed E-state index contributed by atoms with van der Waals surface area (Å²) in [6.45, 7) is 6.98. The minimum absolute atomic E-state index is 0.357. The molecule has 0 radical (unpaired) electrons. The number of piperidine rings is 1. The van der Waals surface area contributed by atoms with Crippen molar-refractivity contribution in [3.8, 4) is 0 Å². The molecule has 0 amide bonds. The topological polar surface area (TPSA) is 41.3 Å². The number of hydrogen-bond acceptors (Lipinski definition) is 3. The molecule has 1 atom stereocenters. The van der Waals surface area contributed by atoms with Gasteiger partial charge in [-0.3, -0.25) is 0 Å². The third kappa shape index (κ3) is 6.46. The van der Waals surface area contributed by atoms with E-state index in [1.807, 2.05) is 0 Å². The lowest BCUT2D eigenvalue weighted by atomic mass is 9.94. The Kier molecular flexibility index (Phi) is 7.01. The molecule has 0 aromatic carbocycles. The van der Waals surface area contributed by atoms with Crippen LogP contribution >= 0.6 is 0 Å². The van der Waals surface area contributed by atoms with Gasteiger partial charge in [-0.25, -0.2) is 0 Å². The third-order valence-corrected chi connectivity index (χ3v) is 3.58. The fourth-order valence-electron chi connectivity index (χ4n) is 2.33. The van der Waals surface area contributed by atoms with Gasteiger partial charge in [0.15, 0.2) is 0 Å². The third-order valence-electron chi connectivity index (χ3n) is 3.58. The van der Waals surface area contributed by atoms with Crippen molar-refractivity contribution in [3.63, 3.8) is 0 Å². The maximum absolute atomic E-state index is 5.70. The standard InChI is InChI=1S/C13H29N3/c1-12(14)4-3-8-15-9-5-13-6-10-16(2)11-7-13/h12-13,15H,3-11,14H2,1-2H3. The van der Waals surface area contributed by atoms with Crippen LogP contribution in [0.5, 0.6) is 0 Å². The van der Waals surface area contributed by atoms with Crippen LogP contribution in [0.25, 0.3) is 0 Å². The van der Waals surface area contributed by atoms with E-state index in [1.165, 1.54) is 45.3 Å². The number of likely N-dealkylation sites (tertiary alicyclic amines) is 1. The summed E-state index contributed by atoms with van der Waals surface area (Å²) in [5, 5.41) is 3.53. The van der Waals surface area contributed by atoms with Crippen LogP contribution in [0.1, 0.15) is 39.0 Å². The summed E-state index contributed by atoms with van der Waals surface area (Å²) in [6, 6.07) is 0.357. The Morgan fingerprint density at radius 3 is 2.62 bits per heavy atom. The first-order valence-corrected chi connectivity index (χ1v) is 6.83. The van der Waals surface area contributed by atoms with Crippen LogP contribution in [0.3, 0.4) is 0 Å². The summed E-state index contributed by atoms with van der Waals surface area (Å²) < 4.78 is 0. The van der Waals surface area contributed by atoms with Gasteiger partial charge in [0.05, 0.1) is 0 Å². The van der Waals surface area contributed by atoms with E-state index in [4.69, 9.17) is 5.73 Å². The zero-order chi connectivity index (χ0) is 11.8. The summed E-state index contributed by atoms with van der Waals surface area (Å²) in [7, 11) is 2.22. The Hall–Kier alpha value is -0.120. The highest BCUT2D eigenvalue weighted by molar-refractivity contribution is 4.70. The minimum atomic E-state index is 0.357. The average Bonchev–Trinajstić information content (AvgIpc) is 2.25. The van der Waals surface area contributed by atoms with Crippen molar-refractivity contribution in [2.75, 3.05) is 33.2 Å². The zero-order valence-corrected chi connectivity index (χ0v) is 11.0. The normalized spacial score (nSPS) is 21.2. The number of nitrogens with zero attached hydrogens (tertiary/aromatic N) is 1. The molecule has 0 bridgehead atoms. The Morgan fingerprint density at radius 2 is 2.00 bits per heavy atom. The molecule has 3 heteroatoms. The van der Waals surface area contributed by atoms with Gasteiger partial charge >= 0.3 is 0 Å². The Bertz CT molecular complexity index is 163. The highest BCUT2D eigenvalue weighted by Crippen LogP contribution is 2.18. The van der Waals surface area contributed by atoms with Crippen LogP contribution in [-0.2, 0) is 0 Å². The van der Waals surface area contributed by atoms with Gasteiger partial charge in [-0.2, -0.15) is 0 Å². The van der Waals surface area contributed by atoms with E-state index in [0.717, 1.165) is 18.9 Å². The summed E-state index contributed by atoms with van der Waals surface area (Å²) in [6.07, 6.45) is 6.48. The molecular weight excluding hydrogens is 198 g/mol. The van der Waals surface area contributed by atoms with Crippen molar-refractivity contribution < 1.29 is 0 Å². The van der Waals surface area contributed by atoms with E-state index in [1.54, 1.807) is 0 Å². The molecule has 1 heterocycles. The van der Waals surface area contributed by atoms with Crippen molar-refractivity contribution in [1.29, 1.82) is 0 Å². The van der Waals surface area contributed by atoms with E-state index < -0.39 is 0 Å². The number of nitrogens with one attached hydrogen (secondary N) is 1. The quantitative estimate of drug-likeness (QED) is 0.647. The number of rotatable bonds is 7. The second-order valence-corrected chi connectivity index (χ2v) is 5.40. The van der Waals surface area contributed by atoms with Crippen molar-refractivity contribution in [2.24, 2.45) is 11.7 Å². The molecule has 1 aliphatic rings. The van der Waals surface area contributed by atoms with Crippen LogP contribution in [0.4, 0.5) is 0 Å². The van der Waals surface area contributed by atoms with Gasteiger partial charge in [-0.05, 0) is 78.2 Å². The monoisotopic (exact) mass is 227 g/mol. The molecule has 0 spiro atoms. The van der Waals surface area contributed by atoms with E-state index in [-0.39, 0.29) is 0 Å². The molecule has 1 saturated heterocycles. The largest absolute Gasteiger partial charge is 0.328 e. The lowest BCUT2D eigenvalue weighted by Gasteiger charge is -2.28. The van der Waals surface area contributed by atoms with E-state index in [0.29, 0.717) is 6.04 Å². The first-order chi connectivity index (χ1) is 7.68. The molecule has 1 aliphatic heterocycles. The Labute approximate surface area is 101 Å². The summed E-state index contributed by atoms with van der Waals surface area (Å²) >= 11 is 0. The molecule has 1 unspecified atom stereocenters. The SMILES string of the molecule is CC(N)CCCNCCC1CCN(C)CC1. The van der Waals surface area contributed by atoms with Gasteiger partial charge in [0.2, 0.25) is 0 Å². The summed E-state index contributed by atoms with van der Waals surface area (Å²) in [4.78, 5) is 2.44. The molecule has 1 rings (SSSR count). The summed E-state index contributed by atoms with van der Waals surface area (Å²) in [5.74, 6) is 0.956. The lowest BCUT2D eigenvalue weighted by molar-refractivity contribution is 0.211. The lowest BCUT2D eigenvalue weighted by Crippen LogP contribution is -2.31. The Morgan fingerprint density at radius 1 is 1.31 bits per heavy atom. The van der Waals surface area contributed by atoms with Crippen molar-refractivity contribution in [3.05, 3.63) is 0 Å². The predicted molar refractivity (Wildman–Crippen MR) is 70.6 cm³/mol. The molecule has 3 nitrogen and oxygen atoms in total. The minimum Gasteiger partial charge on any atom is -0.328 e. The molecule has 3 N–H and O–H groups in total. The van der Waals surface area contributed by atoms with Gasteiger partial charge in [-0.1, -0.05) is 0 Å². The van der Waals surface area contributed by atoms with Crippen molar-refractivity contribution in [1.82, 2.24) is 10.2 Å².